The van der Waals surface area contributed by atoms with Crippen LogP contribution in [0.5, 0.6) is 0 Å². The summed E-state index contributed by atoms with van der Waals surface area (Å²) in [7, 11) is 1.40. The Bertz CT molecular complexity index is 483. The second kappa shape index (κ2) is 12.3. The highest BCUT2D eigenvalue weighted by Gasteiger charge is 2.39. The number of Topliss-reactive ketones (excluding diaryl/α,β-unsaturated/α-hetero) is 1. The lowest BCUT2D eigenvalue weighted by Gasteiger charge is -2.22. The van der Waals surface area contributed by atoms with E-state index in [1.165, 1.54) is 7.11 Å². The third-order valence-electron chi connectivity index (χ3n) is 5.59. The predicted octanol–water partition coefficient (Wildman–Crippen LogP) is 3.95. The largest absolute Gasteiger partial charge is 0.469 e. The topological polar surface area (TPSA) is 83.8 Å². The van der Waals surface area contributed by atoms with Gasteiger partial charge in [0.25, 0.3) is 0 Å². The van der Waals surface area contributed by atoms with E-state index >= 15 is 0 Å². The summed E-state index contributed by atoms with van der Waals surface area (Å²) in [6, 6.07) is 0. The molecule has 1 fully saturated rings. The first kappa shape index (κ1) is 23.8. The first-order valence-electron chi connectivity index (χ1n) is 10.5. The molecule has 0 aromatic rings. The fourth-order valence-corrected chi connectivity index (χ4v) is 3.82. The molecule has 5 heteroatoms. The second-order valence-electron chi connectivity index (χ2n) is 8.18. The van der Waals surface area contributed by atoms with E-state index in [1.54, 1.807) is 0 Å². The number of aliphatic hydroxyl groups is 2. The van der Waals surface area contributed by atoms with E-state index in [4.69, 9.17) is 0 Å². The Hall–Kier alpha value is -1.20. The van der Waals surface area contributed by atoms with Crippen LogP contribution in [-0.4, -0.2) is 40.8 Å². The SMILES string of the molecule is CCCCC(C)(O)CC=C[C@H]1[C@@H](O)CC(=O)[C@@H]1CCCCCCC(=O)OC. The van der Waals surface area contributed by atoms with Crippen molar-refractivity contribution in [2.45, 2.75) is 96.2 Å². The standard InChI is InChI=1S/C22H38O5/c1-4-5-14-22(2,26)15-10-12-18-17(19(23)16-20(18)24)11-8-6-7-9-13-21(25)27-3/h10,12,17-18,20,24,26H,4-9,11,13-16H2,1-3H3/t17-,18-,20+,22?/m1/s1. The fourth-order valence-electron chi connectivity index (χ4n) is 3.82. The number of unbranched alkanes of at least 4 members (excludes halogenated alkanes) is 4. The van der Waals surface area contributed by atoms with Crippen molar-refractivity contribution in [3.8, 4) is 0 Å². The van der Waals surface area contributed by atoms with E-state index in [0.717, 1.165) is 51.4 Å². The molecule has 0 amide bonds. The van der Waals surface area contributed by atoms with Gasteiger partial charge >= 0.3 is 5.97 Å². The fraction of sp³-hybridized carbons (Fsp3) is 0.818. The Morgan fingerprint density at radius 1 is 1.26 bits per heavy atom. The molecule has 0 aliphatic heterocycles. The van der Waals surface area contributed by atoms with Crippen molar-refractivity contribution in [2.24, 2.45) is 11.8 Å². The summed E-state index contributed by atoms with van der Waals surface area (Å²) in [5, 5.41) is 20.6. The maximum absolute atomic E-state index is 12.2. The Labute approximate surface area is 164 Å². The van der Waals surface area contributed by atoms with Gasteiger partial charge in [-0.05, 0) is 32.6 Å². The average molecular weight is 383 g/mol. The van der Waals surface area contributed by atoms with Crippen molar-refractivity contribution in [3.05, 3.63) is 12.2 Å². The van der Waals surface area contributed by atoms with Gasteiger partial charge in [0.2, 0.25) is 0 Å². The van der Waals surface area contributed by atoms with Gasteiger partial charge in [-0.25, -0.2) is 0 Å². The number of hydrogen-bond donors (Lipinski definition) is 2. The molecule has 1 saturated carbocycles. The molecule has 0 radical (unpaired) electrons. The Balaban J connectivity index is 2.42. The van der Waals surface area contributed by atoms with Crippen molar-refractivity contribution in [1.29, 1.82) is 0 Å². The first-order chi connectivity index (χ1) is 12.8. The minimum absolute atomic E-state index is 0.127. The molecule has 27 heavy (non-hydrogen) atoms. The normalized spacial score (nSPS) is 25.1. The number of ketones is 1. The molecule has 156 valence electrons. The van der Waals surface area contributed by atoms with Crippen LogP contribution in [0.15, 0.2) is 12.2 Å². The number of carbonyl (C=O) groups is 2. The van der Waals surface area contributed by atoms with Crippen LogP contribution in [-0.2, 0) is 14.3 Å². The molecule has 1 aliphatic rings. The minimum atomic E-state index is -0.727. The van der Waals surface area contributed by atoms with E-state index < -0.39 is 11.7 Å². The maximum atomic E-state index is 12.2. The van der Waals surface area contributed by atoms with Gasteiger partial charge in [-0.1, -0.05) is 51.2 Å². The molecule has 0 saturated heterocycles. The number of esters is 1. The summed E-state index contributed by atoms with van der Waals surface area (Å²) in [4.78, 5) is 23.3. The smallest absolute Gasteiger partial charge is 0.305 e. The number of aliphatic hydroxyl groups excluding tert-OH is 1. The van der Waals surface area contributed by atoms with Gasteiger partial charge in [-0.2, -0.15) is 0 Å². The molecule has 5 nitrogen and oxygen atoms in total. The molecule has 1 aliphatic carbocycles. The zero-order chi connectivity index (χ0) is 20.3. The summed E-state index contributed by atoms with van der Waals surface area (Å²) in [5.41, 5.74) is -0.727. The van der Waals surface area contributed by atoms with Crippen LogP contribution >= 0.6 is 0 Å². The van der Waals surface area contributed by atoms with Crippen LogP contribution in [0.4, 0.5) is 0 Å². The summed E-state index contributed by atoms with van der Waals surface area (Å²) in [6.45, 7) is 3.95. The molecule has 1 rings (SSSR count). The van der Waals surface area contributed by atoms with Crippen LogP contribution < -0.4 is 0 Å². The first-order valence-corrected chi connectivity index (χ1v) is 10.5. The zero-order valence-electron chi connectivity index (χ0n) is 17.3. The van der Waals surface area contributed by atoms with E-state index in [0.29, 0.717) is 12.8 Å². The van der Waals surface area contributed by atoms with E-state index in [9.17, 15) is 19.8 Å². The summed E-state index contributed by atoms with van der Waals surface area (Å²) in [5.74, 6) is -0.305. The van der Waals surface area contributed by atoms with Gasteiger partial charge in [0.05, 0.1) is 18.8 Å². The average Bonchev–Trinajstić information content (AvgIpc) is 2.89. The lowest BCUT2D eigenvalue weighted by atomic mass is 9.87. The van der Waals surface area contributed by atoms with Crippen molar-refractivity contribution in [3.63, 3.8) is 0 Å². The molecular formula is C22H38O5. The third kappa shape index (κ3) is 9.02. The number of hydrogen-bond acceptors (Lipinski definition) is 5. The highest BCUT2D eigenvalue weighted by Crippen LogP contribution is 2.34. The van der Waals surface area contributed by atoms with Crippen LogP contribution in [0.3, 0.4) is 0 Å². The van der Waals surface area contributed by atoms with Crippen molar-refractivity contribution >= 4 is 11.8 Å². The number of ether oxygens (including phenoxy) is 1. The lowest BCUT2D eigenvalue weighted by Crippen LogP contribution is -2.23. The molecule has 4 atom stereocenters. The highest BCUT2D eigenvalue weighted by molar-refractivity contribution is 5.84. The Kier molecular flexibility index (Phi) is 10.9. The Morgan fingerprint density at radius 2 is 1.96 bits per heavy atom. The van der Waals surface area contributed by atoms with E-state index in [1.807, 2.05) is 19.1 Å². The van der Waals surface area contributed by atoms with Crippen molar-refractivity contribution in [2.75, 3.05) is 7.11 Å². The molecule has 0 heterocycles. The molecule has 0 aromatic heterocycles. The number of rotatable bonds is 13. The van der Waals surface area contributed by atoms with E-state index in [2.05, 4.69) is 11.7 Å². The predicted molar refractivity (Wildman–Crippen MR) is 106 cm³/mol. The van der Waals surface area contributed by atoms with Crippen LogP contribution in [0.2, 0.25) is 0 Å². The molecule has 0 aromatic carbocycles. The maximum Gasteiger partial charge on any atom is 0.305 e. The number of carbonyl (C=O) groups excluding carboxylic acids is 2. The molecular weight excluding hydrogens is 344 g/mol. The Morgan fingerprint density at radius 3 is 2.63 bits per heavy atom. The lowest BCUT2D eigenvalue weighted by molar-refractivity contribution is -0.140. The van der Waals surface area contributed by atoms with E-state index in [-0.39, 0.29) is 30.0 Å². The van der Waals surface area contributed by atoms with Gasteiger partial charge in [0, 0.05) is 24.7 Å². The van der Waals surface area contributed by atoms with Crippen LogP contribution in [0.25, 0.3) is 0 Å². The quantitative estimate of drug-likeness (QED) is 0.286. The molecule has 1 unspecified atom stereocenters. The zero-order valence-corrected chi connectivity index (χ0v) is 17.3. The van der Waals surface area contributed by atoms with Gasteiger partial charge in [-0.15, -0.1) is 0 Å². The van der Waals surface area contributed by atoms with Crippen LogP contribution in [0.1, 0.15) is 84.5 Å². The summed E-state index contributed by atoms with van der Waals surface area (Å²) >= 11 is 0. The number of methoxy groups -OCH3 is 1. The summed E-state index contributed by atoms with van der Waals surface area (Å²) < 4.78 is 4.62. The minimum Gasteiger partial charge on any atom is -0.469 e. The van der Waals surface area contributed by atoms with Crippen LogP contribution in [0, 0.1) is 11.8 Å². The molecule has 0 bridgehead atoms. The monoisotopic (exact) mass is 382 g/mol. The van der Waals surface area contributed by atoms with Crippen molar-refractivity contribution in [1.82, 2.24) is 0 Å². The van der Waals surface area contributed by atoms with Crippen molar-refractivity contribution < 1.29 is 24.5 Å². The summed E-state index contributed by atoms with van der Waals surface area (Å²) in [6.07, 6.45) is 11.7. The van der Waals surface area contributed by atoms with Gasteiger partial charge in [-0.3, -0.25) is 9.59 Å². The highest BCUT2D eigenvalue weighted by atomic mass is 16.5. The van der Waals surface area contributed by atoms with Gasteiger partial charge < -0.3 is 14.9 Å². The van der Waals surface area contributed by atoms with Gasteiger partial charge in [0.15, 0.2) is 0 Å². The third-order valence-corrected chi connectivity index (χ3v) is 5.59. The molecule has 2 N–H and O–H groups in total. The van der Waals surface area contributed by atoms with Gasteiger partial charge in [0.1, 0.15) is 5.78 Å². The molecule has 0 spiro atoms. The second-order valence-corrected chi connectivity index (χ2v) is 8.18.